The second-order valence-electron chi connectivity index (χ2n) is 7.44. The molecule has 1 aromatic carbocycles. The number of rotatable bonds is 5. The summed E-state index contributed by atoms with van der Waals surface area (Å²) in [4.78, 5) is 14.3. The van der Waals surface area contributed by atoms with Gasteiger partial charge in [-0.15, -0.1) is 0 Å². The molecule has 0 aliphatic carbocycles. The van der Waals surface area contributed by atoms with Gasteiger partial charge in [0.2, 0.25) is 5.95 Å². The van der Waals surface area contributed by atoms with Crippen LogP contribution in [0.1, 0.15) is 31.1 Å². The van der Waals surface area contributed by atoms with Crippen molar-refractivity contribution < 1.29 is 9.47 Å². The van der Waals surface area contributed by atoms with Crippen molar-refractivity contribution in [1.82, 2.24) is 14.9 Å². The lowest BCUT2D eigenvalue weighted by Crippen LogP contribution is -2.38. The minimum absolute atomic E-state index is 0.401. The lowest BCUT2D eigenvalue weighted by Gasteiger charge is -2.32. The molecule has 1 aromatic heterocycles. The maximum Gasteiger partial charge on any atom is 0.226 e. The van der Waals surface area contributed by atoms with Gasteiger partial charge in [-0.05, 0) is 25.0 Å². The van der Waals surface area contributed by atoms with E-state index in [9.17, 15) is 0 Å². The molecule has 150 valence electrons. The molecule has 2 aliphatic heterocycles. The van der Waals surface area contributed by atoms with Crippen molar-refractivity contribution in [2.24, 2.45) is 0 Å². The third kappa shape index (κ3) is 4.35. The van der Waals surface area contributed by atoms with Crippen LogP contribution in [0.3, 0.4) is 0 Å². The van der Waals surface area contributed by atoms with Gasteiger partial charge in [-0.3, -0.25) is 4.90 Å². The molecule has 3 heterocycles. The Morgan fingerprint density at radius 2 is 1.57 bits per heavy atom. The Kier molecular flexibility index (Phi) is 6.20. The summed E-state index contributed by atoms with van der Waals surface area (Å²) < 4.78 is 10.9. The first-order valence-corrected chi connectivity index (χ1v) is 10.4. The topological polar surface area (TPSA) is 50.7 Å². The van der Waals surface area contributed by atoms with Crippen molar-refractivity contribution in [3.63, 3.8) is 0 Å². The number of nitrogens with zero attached hydrogens (tertiary/aromatic N) is 4. The Bertz CT molecular complexity index is 769. The van der Waals surface area contributed by atoms with Gasteiger partial charge in [0.15, 0.2) is 0 Å². The van der Waals surface area contributed by atoms with Crippen molar-refractivity contribution in [2.45, 2.75) is 26.3 Å². The number of hydrogen-bond acceptors (Lipinski definition) is 6. The summed E-state index contributed by atoms with van der Waals surface area (Å²) in [5.74, 6) is 0.823. The Labute approximate surface area is 167 Å². The molecule has 0 bridgehead atoms. The van der Waals surface area contributed by atoms with Gasteiger partial charge in [0, 0.05) is 43.5 Å². The third-order valence-corrected chi connectivity index (χ3v) is 5.71. The molecule has 4 rings (SSSR count). The molecule has 0 amide bonds. The highest BCUT2D eigenvalue weighted by molar-refractivity contribution is 5.61. The molecule has 0 unspecified atom stereocenters. The highest BCUT2D eigenvalue weighted by Gasteiger charge is 2.19. The highest BCUT2D eigenvalue weighted by Crippen LogP contribution is 2.26. The minimum Gasteiger partial charge on any atom is -0.379 e. The second kappa shape index (κ2) is 8.99. The Morgan fingerprint density at radius 1 is 0.929 bits per heavy atom. The maximum atomic E-state index is 5.48. The molecule has 2 saturated heterocycles. The van der Waals surface area contributed by atoms with Crippen LogP contribution in [0, 0.1) is 0 Å². The summed E-state index contributed by atoms with van der Waals surface area (Å²) in [7, 11) is 0. The summed E-state index contributed by atoms with van der Waals surface area (Å²) >= 11 is 0. The molecule has 0 N–H and O–H groups in total. The number of aryl methyl sites for hydroxylation is 1. The van der Waals surface area contributed by atoms with Crippen LogP contribution in [0.4, 0.5) is 5.95 Å². The van der Waals surface area contributed by atoms with Crippen molar-refractivity contribution >= 4 is 5.95 Å². The quantitative estimate of drug-likeness (QED) is 0.793. The zero-order valence-electron chi connectivity index (χ0n) is 16.9. The molecule has 28 heavy (non-hydrogen) atoms. The summed E-state index contributed by atoms with van der Waals surface area (Å²) in [6.45, 7) is 11.2. The molecule has 2 aromatic rings. The number of benzene rings is 1. The molecular formula is C22H30N4O2. The van der Waals surface area contributed by atoms with Gasteiger partial charge in [0.25, 0.3) is 0 Å². The molecule has 0 radical (unpaired) electrons. The van der Waals surface area contributed by atoms with Crippen LogP contribution in [-0.2, 0) is 15.9 Å². The molecule has 0 spiro atoms. The van der Waals surface area contributed by atoms with E-state index >= 15 is 0 Å². The highest BCUT2D eigenvalue weighted by atomic mass is 16.5. The number of aromatic nitrogens is 2. The van der Waals surface area contributed by atoms with Crippen LogP contribution in [-0.4, -0.2) is 67.5 Å². The maximum absolute atomic E-state index is 5.48. The smallest absolute Gasteiger partial charge is 0.226 e. The van der Waals surface area contributed by atoms with Crippen LogP contribution >= 0.6 is 0 Å². The summed E-state index contributed by atoms with van der Waals surface area (Å²) in [6.07, 6.45) is 0.902. The van der Waals surface area contributed by atoms with Crippen molar-refractivity contribution in [2.75, 3.05) is 57.5 Å². The molecule has 2 aliphatic rings. The lowest BCUT2D eigenvalue weighted by molar-refractivity contribution is 0.0198. The lowest BCUT2D eigenvalue weighted by atomic mass is 10.0. The van der Waals surface area contributed by atoms with Crippen molar-refractivity contribution in [3.8, 4) is 11.3 Å². The first-order chi connectivity index (χ1) is 13.7. The first-order valence-electron chi connectivity index (χ1n) is 10.4. The Hall–Kier alpha value is -2.02. The zero-order valence-corrected chi connectivity index (χ0v) is 16.9. The first kappa shape index (κ1) is 19.3. The SMILES string of the molecule is CCc1cc(-c2ccc([C@@H](C)N3CCOCC3)cc2)nc(N2CCOCC2)n1. The van der Waals surface area contributed by atoms with Crippen LogP contribution in [0.25, 0.3) is 11.3 Å². The molecular weight excluding hydrogens is 352 g/mol. The van der Waals surface area contributed by atoms with E-state index < -0.39 is 0 Å². The van der Waals surface area contributed by atoms with Gasteiger partial charge >= 0.3 is 0 Å². The van der Waals surface area contributed by atoms with Crippen LogP contribution < -0.4 is 4.90 Å². The van der Waals surface area contributed by atoms with E-state index in [2.05, 4.69) is 54.0 Å². The average molecular weight is 383 g/mol. The third-order valence-electron chi connectivity index (χ3n) is 5.71. The second-order valence-corrected chi connectivity index (χ2v) is 7.44. The van der Waals surface area contributed by atoms with E-state index in [1.807, 2.05) is 0 Å². The molecule has 0 saturated carbocycles. The van der Waals surface area contributed by atoms with E-state index in [0.29, 0.717) is 6.04 Å². The van der Waals surface area contributed by atoms with E-state index in [-0.39, 0.29) is 0 Å². The zero-order chi connectivity index (χ0) is 19.3. The number of ether oxygens (including phenoxy) is 2. The predicted octanol–water partition coefficient (Wildman–Crippen LogP) is 2.94. The molecule has 6 heteroatoms. The van der Waals surface area contributed by atoms with Crippen molar-refractivity contribution in [1.29, 1.82) is 0 Å². The molecule has 2 fully saturated rings. The van der Waals surface area contributed by atoms with Crippen LogP contribution in [0.15, 0.2) is 30.3 Å². The minimum atomic E-state index is 0.401. The fourth-order valence-corrected chi connectivity index (χ4v) is 3.83. The van der Waals surface area contributed by atoms with Crippen molar-refractivity contribution in [3.05, 3.63) is 41.6 Å². The number of anilines is 1. The molecule has 1 atom stereocenters. The van der Waals surface area contributed by atoms with Gasteiger partial charge in [0.1, 0.15) is 0 Å². The Balaban J connectivity index is 1.56. The standard InChI is InChI=1S/C22H30N4O2/c1-3-20-16-21(24-22(23-20)26-10-14-28-15-11-26)19-6-4-18(5-7-19)17(2)25-8-12-27-13-9-25/h4-7,16-17H,3,8-15H2,1-2H3/t17-/m1/s1. The predicted molar refractivity (Wildman–Crippen MR) is 111 cm³/mol. The summed E-state index contributed by atoms with van der Waals surface area (Å²) in [6, 6.07) is 11.4. The van der Waals surface area contributed by atoms with Crippen LogP contribution in [0.5, 0.6) is 0 Å². The average Bonchev–Trinajstić information content (AvgIpc) is 2.79. The Morgan fingerprint density at radius 3 is 2.21 bits per heavy atom. The van der Waals surface area contributed by atoms with E-state index in [1.165, 1.54) is 5.56 Å². The van der Waals surface area contributed by atoms with Gasteiger partial charge in [0.05, 0.1) is 32.1 Å². The summed E-state index contributed by atoms with van der Waals surface area (Å²) in [5, 5.41) is 0. The van der Waals surface area contributed by atoms with Gasteiger partial charge in [-0.1, -0.05) is 31.2 Å². The monoisotopic (exact) mass is 382 g/mol. The van der Waals surface area contributed by atoms with Crippen LogP contribution in [0.2, 0.25) is 0 Å². The van der Waals surface area contributed by atoms with Gasteiger partial charge < -0.3 is 14.4 Å². The van der Waals surface area contributed by atoms with E-state index in [4.69, 9.17) is 19.4 Å². The largest absolute Gasteiger partial charge is 0.379 e. The molecule has 6 nitrogen and oxygen atoms in total. The van der Waals surface area contributed by atoms with Gasteiger partial charge in [-0.2, -0.15) is 0 Å². The normalized spacial score (nSPS) is 19.6. The van der Waals surface area contributed by atoms with E-state index in [0.717, 1.165) is 81.9 Å². The number of morpholine rings is 2. The summed E-state index contributed by atoms with van der Waals surface area (Å²) in [5.41, 5.74) is 4.56. The van der Waals surface area contributed by atoms with E-state index in [1.54, 1.807) is 0 Å². The van der Waals surface area contributed by atoms with Gasteiger partial charge in [-0.25, -0.2) is 9.97 Å². The fraction of sp³-hybridized carbons (Fsp3) is 0.545. The fourth-order valence-electron chi connectivity index (χ4n) is 3.83. The number of hydrogen-bond donors (Lipinski definition) is 0.